The van der Waals surface area contributed by atoms with E-state index in [9.17, 15) is 4.79 Å². The van der Waals surface area contributed by atoms with Gasteiger partial charge in [0.25, 0.3) is 5.91 Å². The Labute approximate surface area is 99.1 Å². The highest BCUT2D eigenvalue weighted by molar-refractivity contribution is 7.07. The van der Waals surface area contributed by atoms with Gasteiger partial charge in [-0.15, -0.1) is 23.7 Å². The van der Waals surface area contributed by atoms with E-state index in [-0.39, 0.29) is 24.4 Å². The van der Waals surface area contributed by atoms with Crippen LogP contribution >= 0.6 is 23.7 Å². The van der Waals surface area contributed by atoms with Gasteiger partial charge in [-0.2, -0.15) is 0 Å². The maximum absolute atomic E-state index is 11.9. The van der Waals surface area contributed by atoms with E-state index in [0.29, 0.717) is 5.69 Å². The second-order valence-electron chi connectivity index (χ2n) is 3.43. The van der Waals surface area contributed by atoms with Crippen LogP contribution in [0.2, 0.25) is 0 Å². The molecule has 0 unspecified atom stereocenters. The van der Waals surface area contributed by atoms with Crippen LogP contribution in [0.15, 0.2) is 10.9 Å². The minimum Gasteiger partial charge on any atom is -0.332 e. The summed E-state index contributed by atoms with van der Waals surface area (Å²) in [4.78, 5) is 17.8. The van der Waals surface area contributed by atoms with Crippen molar-refractivity contribution in [3.05, 3.63) is 16.6 Å². The number of piperazine rings is 1. The first-order valence-electron chi connectivity index (χ1n) is 4.69. The molecule has 0 bridgehead atoms. The van der Waals surface area contributed by atoms with Gasteiger partial charge >= 0.3 is 0 Å². The van der Waals surface area contributed by atoms with Crippen molar-refractivity contribution in [1.29, 1.82) is 0 Å². The van der Waals surface area contributed by atoms with Crippen LogP contribution < -0.4 is 5.32 Å². The van der Waals surface area contributed by atoms with Gasteiger partial charge in [0, 0.05) is 31.1 Å². The first kappa shape index (κ1) is 12.4. The summed E-state index contributed by atoms with van der Waals surface area (Å²) in [5.41, 5.74) is 2.27. The van der Waals surface area contributed by atoms with E-state index in [1.54, 1.807) is 10.9 Å². The molecule has 0 radical (unpaired) electrons. The van der Waals surface area contributed by atoms with Crippen molar-refractivity contribution in [2.75, 3.05) is 19.6 Å². The van der Waals surface area contributed by atoms with Gasteiger partial charge in [-0.05, 0) is 6.92 Å². The van der Waals surface area contributed by atoms with Gasteiger partial charge in [-0.25, -0.2) is 4.98 Å². The van der Waals surface area contributed by atoms with E-state index in [4.69, 9.17) is 0 Å². The minimum absolute atomic E-state index is 0. The van der Waals surface area contributed by atoms with Crippen molar-refractivity contribution in [2.24, 2.45) is 0 Å². The monoisotopic (exact) mass is 247 g/mol. The predicted octanol–water partition coefficient (Wildman–Crippen LogP) is 0.999. The van der Waals surface area contributed by atoms with Crippen molar-refractivity contribution < 1.29 is 4.79 Å². The number of carbonyl (C=O) groups is 1. The Balaban J connectivity index is 0.00000112. The molecule has 1 atom stereocenters. The molecule has 1 saturated heterocycles. The number of thiazole rings is 1. The summed E-state index contributed by atoms with van der Waals surface area (Å²) < 4.78 is 0. The van der Waals surface area contributed by atoms with Crippen LogP contribution in [0.25, 0.3) is 0 Å². The third-order valence-electron chi connectivity index (χ3n) is 2.41. The zero-order chi connectivity index (χ0) is 9.97. The molecule has 4 nitrogen and oxygen atoms in total. The first-order valence-corrected chi connectivity index (χ1v) is 5.63. The first-order chi connectivity index (χ1) is 6.79. The summed E-state index contributed by atoms with van der Waals surface area (Å²) in [5.74, 6) is 0.0558. The Morgan fingerprint density at radius 2 is 2.53 bits per heavy atom. The molecule has 0 aromatic carbocycles. The Kier molecular flexibility index (Phi) is 4.50. The van der Waals surface area contributed by atoms with Crippen molar-refractivity contribution in [3.63, 3.8) is 0 Å². The zero-order valence-electron chi connectivity index (χ0n) is 8.47. The van der Waals surface area contributed by atoms with Gasteiger partial charge in [0.1, 0.15) is 5.69 Å². The maximum Gasteiger partial charge on any atom is 0.273 e. The maximum atomic E-state index is 11.9. The molecule has 84 valence electrons. The minimum atomic E-state index is 0. The van der Waals surface area contributed by atoms with Gasteiger partial charge < -0.3 is 10.2 Å². The number of rotatable bonds is 1. The summed E-state index contributed by atoms with van der Waals surface area (Å²) in [5, 5.41) is 5.06. The molecule has 2 heterocycles. The molecular weight excluding hydrogens is 234 g/mol. The third kappa shape index (κ3) is 2.68. The Hall–Kier alpha value is -0.650. The topological polar surface area (TPSA) is 45.2 Å². The lowest BCUT2D eigenvalue weighted by Gasteiger charge is -2.33. The lowest BCUT2D eigenvalue weighted by atomic mass is 10.2. The number of nitrogens with one attached hydrogen (secondary N) is 1. The van der Waals surface area contributed by atoms with Crippen LogP contribution in [0.1, 0.15) is 17.4 Å². The van der Waals surface area contributed by atoms with E-state index in [1.807, 2.05) is 4.90 Å². The molecule has 15 heavy (non-hydrogen) atoms. The predicted molar refractivity (Wildman–Crippen MR) is 62.7 cm³/mol. The smallest absolute Gasteiger partial charge is 0.273 e. The summed E-state index contributed by atoms with van der Waals surface area (Å²) in [6.07, 6.45) is 0. The molecule has 0 saturated carbocycles. The van der Waals surface area contributed by atoms with E-state index >= 15 is 0 Å². The third-order valence-corrected chi connectivity index (χ3v) is 3.00. The standard InChI is InChI=1S/C9H13N3OS.ClH/c1-7-4-10-2-3-12(7)9(13)8-5-14-6-11-8;/h5-7,10H,2-4H2,1H3;1H/t7-;/m0./s1. The van der Waals surface area contributed by atoms with Crippen LogP contribution in [0.3, 0.4) is 0 Å². The van der Waals surface area contributed by atoms with Gasteiger partial charge in [0.2, 0.25) is 0 Å². The van der Waals surface area contributed by atoms with Crippen molar-refractivity contribution >= 4 is 29.7 Å². The normalized spacial score (nSPS) is 20.9. The fraction of sp³-hybridized carbons (Fsp3) is 0.556. The number of amides is 1. The van der Waals surface area contributed by atoms with E-state index in [0.717, 1.165) is 19.6 Å². The number of carbonyl (C=O) groups excluding carboxylic acids is 1. The molecule has 0 aliphatic carbocycles. The van der Waals surface area contributed by atoms with E-state index in [2.05, 4.69) is 17.2 Å². The molecule has 1 fully saturated rings. The molecule has 1 aliphatic rings. The number of nitrogens with zero attached hydrogens (tertiary/aromatic N) is 2. The Bertz CT molecular complexity index is 317. The second-order valence-corrected chi connectivity index (χ2v) is 4.14. The molecule has 2 rings (SSSR count). The molecule has 1 amide bonds. The van der Waals surface area contributed by atoms with Crippen LogP contribution in [0.4, 0.5) is 0 Å². The van der Waals surface area contributed by atoms with E-state index in [1.165, 1.54) is 11.3 Å². The highest BCUT2D eigenvalue weighted by Crippen LogP contribution is 2.10. The van der Waals surface area contributed by atoms with Crippen molar-refractivity contribution in [3.8, 4) is 0 Å². The second kappa shape index (κ2) is 5.44. The molecule has 1 N–H and O–H groups in total. The Morgan fingerprint density at radius 1 is 1.73 bits per heavy atom. The molecule has 0 spiro atoms. The molecule has 1 aromatic heterocycles. The number of hydrogen-bond donors (Lipinski definition) is 1. The molecule has 1 aromatic rings. The Morgan fingerprint density at radius 3 is 3.13 bits per heavy atom. The summed E-state index contributed by atoms with van der Waals surface area (Å²) in [6, 6.07) is 0.262. The lowest BCUT2D eigenvalue weighted by molar-refractivity contribution is 0.0650. The van der Waals surface area contributed by atoms with Crippen LogP contribution in [-0.2, 0) is 0 Å². The quantitative estimate of drug-likeness (QED) is 0.805. The van der Waals surface area contributed by atoms with E-state index < -0.39 is 0 Å². The summed E-state index contributed by atoms with van der Waals surface area (Å²) in [6.45, 7) is 4.57. The molecule has 1 aliphatic heterocycles. The van der Waals surface area contributed by atoms with Crippen LogP contribution in [0, 0.1) is 0 Å². The number of halogens is 1. The number of hydrogen-bond acceptors (Lipinski definition) is 4. The van der Waals surface area contributed by atoms with Gasteiger partial charge in [0.05, 0.1) is 5.51 Å². The lowest BCUT2D eigenvalue weighted by Crippen LogP contribution is -2.52. The van der Waals surface area contributed by atoms with Gasteiger partial charge in [0.15, 0.2) is 0 Å². The SMILES string of the molecule is C[C@H]1CNCCN1C(=O)c1cscn1.Cl. The largest absolute Gasteiger partial charge is 0.332 e. The fourth-order valence-corrected chi connectivity index (χ4v) is 2.13. The van der Waals surface area contributed by atoms with Crippen molar-refractivity contribution in [2.45, 2.75) is 13.0 Å². The fourth-order valence-electron chi connectivity index (χ4n) is 1.61. The average Bonchev–Trinajstić information content (AvgIpc) is 2.70. The highest BCUT2D eigenvalue weighted by atomic mass is 35.5. The number of aromatic nitrogens is 1. The van der Waals surface area contributed by atoms with Crippen LogP contribution in [0.5, 0.6) is 0 Å². The highest BCUT2D eigenvalue weighted by Gasteiger charge is 2.24. The zero-order valence-corrected chi connectivity index (χ0v) is 10.1. The molecule has 6 heteroatoms. The average molecular weight is 248 g/mol. The summed E-state index contributed by atoms with van der Waals surface area (Å²) in [7, 11) is 0. The summed E-state index contributed by atoms with van der Waals surface area (Å²) >= 11 is 1.46. The van der Waals surface area contributed by atoms with Gasteiger partial charge in [-0.1, -0.05) is 0 Å². The molecular formula is C9H14ClN3OS. The van der Waals surface area contributed by atoms with Crippen molar-refractivity contribution in [1.82, 2.24) is 15.2 Å². The van der Waals surface area contributed by atoms with Gasteiger partial charge in [-0.3, -0.25) is 4.79 Å². The van der Waals surface area contributed by atoms with Crippen LogP contribution in [-0.4, -0.2) is 41.5 Å².